The molecule has 6 heteroatoms. The van der Waals surface area contributed by atoms with Crippen molar-refractivity contribution in [3.63, 3.8) is 0 Å². The fourth-order valence-corrected chi connectivity index (χ4v) is 4.16. The van der Waals surface area contributed by atoms with E-state index in [1.54, 1.807) is 19.1 Å². The molecule has 0 radical (unpaired) electrons. The molecule has 0 heterocycles. The molecule has 156 valence electrons. The molecular weight excluding hydrogens is 364 g/mol. The highest BCUT2D eigenvalue weighted by Gasteiger charge is 2.42. The minimum atomic E-state index is -0.316. The van der Waals surface area contributed by atoms with Crippen molar-refractivity contribution in [3.05, 3.63) is 42.0 Å². The van der Waals surface area contributed by atoms with Crippen LogP contribution in [0.4, 0.5) is 0 Å². The quantitative estimate of drug-likeness (QED) is 0.581. The van der Waals surface area contributed by atoms with E-state index in [0.29, 0.717) is 13.1 Å². The molecule has 0 aliphatic heterocycles. The molecule has 2 aromatic rings. The summed E-state index contributed by atoms with van der Waals surface area (Å²) in [5, 5.41) is 9.09. The highest BCUT2D eigenvalue weighted by atomic mass is 16.5. The highest BCUT2D eigenvalue weighted by molar-refractivity contribution is 5.86. The summed E-state index contributed by atoms with van der Waals surface area (Å²) in [5.74, 6) is 1.79. The lowest BCUT2D eigenvalue weighted by molar-refractivity contribution is -0.138. The van der Waals surface area contributed by atoms with Crippen molar-refractivity contribution in [2.24, 2.45) is 10.4 Å². The van der Waals surface area contributed by atoms with Gasteiger partial charge in [-0.3, -0.25) is 9.79 Å². The van der Waals surface area contributed by atoms with Gasteiger partial charge in [0.05, 0.1) is 12.5 Å². The van der Waals surface area contributed by atoms with E-state index in [4.69, 9.17) is 4.74 Å². The number of carbonyl (C=O) groups excluding carboxylic acids is 1. The van der Waals surface area contributed by atoms with Crippen LogP contribution in [0.2, 0.25) is 0 Å². The number of amides is 1. The van der Waals surface area contributed by atoms with Crippen LogP contribution >= 0.6 is 0 Å². The molecule has 1 amide bonds. The number of ether oxygens (including phenoxy) is 1. The van der Waals surface area contributed by atoms with Crippen molar-refractivity contribution >= 4 is 22.6 Å². The Morgan fingerprint density at radius 2 is 1.79 bits per heavy atom. The van der Waals surface area contributed by atoms with Crippen LogP contribution in [0.1, 0.15) is 31.2 Å². The molecule has 29 heavy (non-hydrogen) atoms. The lowest BCUT2D eigenvalue weighted by Crippen LogP contribution is -2.49. The van der Waals surface area contributed by atoms with Crippen molar-refractivity contribution in [1.29, 1.82) is 0 Å². The monoisotopic (exact) mass is 396 g/mol. The topological polar surface area (TPSA) is 66.0 Å². The van der Waals surface area contributed by atoms with Gasteiger partial charge in [-0.15, -0.1) is 0 Å². The Bertz CT molecular complexity index is 886. The maximum atomic E-state index is 12.7. The molecule has 0 spiro atoms. The summed E-state index contributed by atoms with van der Waals surface area (Å²) in [4.78, 5) is 18.8. The number of nitrogens with one attached hydrogen (secondary N) is 2. The average Bonchev–Trinajstić information content (AvgIpc) is 3.22. The molecule has 0 saturated heterocycles. The first-order chi connectivity index (χ1) is 14.0. The second kappa shape index (κ2) is 9.16. The number of rotatable bonds is 6. The van der Waals surface area contributed by atoms with Gasteiger partial charge >= 0.3 is 0 Å². The first-order valence-corrected chi connectivity index (χ1v) is 10.2. The van der Waals surface area contributed by atoms with Crippen LogP contribution in [0.3, 0.4) is 0 Å². The van der Waals surface area contributed by atoms with Gasteiger partial charge in [-0.2, -0.15) is 0 Å². The molecule has 0 aromatic heterocycles. The molecule has 1 fully saturated rings. The van der Waals surface area contributed by atoms with Gasteiger partial charge in [-0.05, 0) is 47.4 Å². The second-order valence-electron chi connectivity index (χ2n) is 8.01. The van der Waals surface area contributed by atoms with Crippen molar-refractivity contribution in [3.8, 4) is 5.75 Å². The highest BCUT2D eigenvalue weighted by Crippen LogP contribution is 2.38. The fraction of sp³-hybridized carbons (Fsp3) is 0.478. The number of nitrogens with zero attached hydrogens (tertiary/aromatic N) is 2. The van der Waals surface area contributed by atoms with Crippen LogP contribution in [-0.4, -0.2) is 51.6 Å². The Morgan fingerprint density at radius 1 is 1.10 bits per heavy atom. The fourth-order valence-electron chi connectivity index (χ4n) is 4.16. The Balaban J connectivity index is 1.61. The van der Waals surface area contributed by atoms with Gasteiger partial charge in [0.1, 0.15) is 5.75 Å². The first kappa shape index (κ1) is 21.0. The molecule has 0 bridgehead atoms. The zero-order valence-electron chi connectivity index (χ0n) is 17.9. The molecule has 1 aliphatic carbocycles. The maximum absolute atomic E-state index is 12.7. The van der Waals surface area contributed by atoms with Gasteiger partial charge in [0.15, 0.2) is 5.96 Å². The van der Waals surface area contributed by atoms with Crippen molar-refractivity contribution in [2.75, 3.05) is 34.8 Å². The number of fused-ring (bicyclic) bond motifs is 1. The number of aliphatic imine (C=N–C) groups is 1. The number of methoxy groups -OCH3 is 1. The SMILES string of the molecule is CN=C(NCc1ccc2cc(OC)ccc2c1)NCC1(C(=O)N(C)C)CCCC1. The third-order valence-corrected chi connectivity index (χ3v) is 5.81. The lowest BCUT2D eigenvalue weighted by atomic mass is 9.84. The van der Waals surface area contributed by atoms with Crippen LogP contribution in [0.5, 0.6) is 5.75 Å². The Labute approximate surface area is 173 Å². The predicted octanol–water partition coefficient (Wildman–Crippen LogP) is 3.16. The number of carbonyl (C=O) groups is 1. The standard InChI is InChI=1S/C23H32N4O2/c1-24-22(26-16-23(11-5-6-12-23)21(28)27(2)3)25-15-17-7-8-19-14-20(29-4)10-9-18(19)13-17/h7-10,13-14H,5-6,11-12,15-16H2,1-4H3,(H2,24,25,26). The summed E-state index contributed by atoms with van der Waals surface area (Å²) >= 11 is 0. The Hall–Kier alpha value is -2.76. The number of benzene rings is 2. The third-order valence-electron chi connectivity index (χ3n) is 5.81. The van der Waals surface area contributed by atoms with Gasteiger partial charge in [0, 0.05) is 34.2 Å². The van der Waals surface area contributed by atoms with Crippen LogP contribution in [0.15, 0.2) is 41.4 Å². The van der Waals surface area contributed by atoms with Crippen LogP contribution < -0.4 is 15.4 Å². The van der Waals surface area contributed by atoms with Crippen molar-refractivity contribution in [1.82, 2.24) is 15.5 Å². The normalized spacial score (nSPS) is 15.9. The molecule has 2 N–H and O–H groups in total. The predicted molar refractivity (Wildman–Crippen MR) is 118 cm³/mol. The van der Waals surface area contributed by atoms with E-state index in [0.717, 1.165) is 42.8 Å². The maximum Gasteiger partial charge on any atom is 0.230 e. The first-order valence-electron chi connectivity index (χ1n) is 10.2. The molecule has 2 aromatic carbocycles. The van der Waals surface area contributed by atoms with E-state index in [1.807, 2.05) is 26.2 Å². The average molecular weight is 397 g/mol. The summed E-state index contributed by atoms with van der Waals surface area (Å²) in [7, 11) is 7.12. The van der Waals surface area contributed by atoms with E-state index in [9.17, 15) is 4.79 Å². The molecule has 6 nitrogen and oxygen atoms in total. The summed E-state index contributed by atoms with van der Waals surface area (Å²) in [6.45, 7) is 1.28. The van der Waals surface area contributed by atoms with Gasteiger partial charge in [0.25, 0.3) is 0 Å². The van der Waals surface area contributed by atoms with Crippen molar-refractivity contribution in [2.45, 2.75) is 32.2 Å². The molecule has 1 saturated carbocycles. The Morgan fingerprint density at radius 3 is 2.45 bits per heavy atom. The minimum absolute atomic E-state index is 0.211. The molecule has 0 atom stereocenters. The summed E-state index contributed by atoms with van der Waals surface area (Å²) in [6.07, 6.45) is 4.08. The van der Waals surface area contributed by atoms with E-state index in [1.165, 1.54) is 10.9 Å². The molecule has 3 rings (SSSR count). The molecular formula is C23H32N4O2. The minimum Gasteiger partial charge on any atom is -0.497 e. The number of hydrogen-bond acceptors (Lipinski definition) is 3. The van der Waals surface area contributed by atoms with Crippen LogP contribution in [0.25, 0.3) is 10.8 Å². The van der Waals surface area contributed by atoms with E-state index in [2.05, 4.69) is 39.9 Å². The van der Waals surface area contributed by atoms with E-state index in [-0.39, 0.29) is 11.3 Å². The second-order valence-corrected chi connectivity index (χ2v) is 8.01. The summed E-state index contributed by atoms with van der Waals surface area (Å²) in [5.41, 5.74) is 0.855. The van der Waals surface area contributed by atoms with Gasteiger partial charge < -0.3 is 20.3 Å². The number of guanidine groups is 1. The third kappa shape index (κ3) is 4.81. The smallest absolute Gasteiger partial charge is 0.230 e. The Kier molecular flexibility index (Phi) is 6.62. The van der Waals surface area contributed by atoms with E-state index >= 15 is 0 Å². The van der Waals surface area contributed by atoms with Crippen LogP contribution in [-0.2, 0) is 11.3 Å². The summed E-state index contributed by atoms with van der Waals surface area (Å²) < 4.78 is 5.29. The largest absolute Gasteiger partial charge is 0.497 e. The lowest BCUT2D eigenvalue weighted by Gasteiger charge is -2.31. The number of hydrogen-bond donors (Lipinski definition) is 2. The van der Waals surface area contributed by atoms with E-state index < -0.39 is 0 Å². The zero-order valence-corrected chi connectivity index (χ0v) is 17.9. The van der Waals surface area contributed by atoms with Gasteiger partial charge in [0.2, 0.25) is 5.91 Å². The van der Waals surface area contributed by atoms with Gasteiger partial charge in [-0.1, -0.05) is 31.0 Å². The zero-order chi connectivity index (χ0) is 20.9. The van der Waals surface area contributed by atoms with Crippen LogP contribution in [0, 0.1) is 5.41 Å². The van der Waals surface area contributed by atoms with Crippen molar-refractivity contribution < 1.29 is 9.53 Å². The molecule has 1 aliphatic rings. The van der Waals surface area contributed by atoms with Gasteiger partial charge in [-0.25, -0.2) is 0 Å². The molecule has 0 unspecified atom stereocenters. The summed E-state index contributed by atoms with van der Waals surface area (Å²) in [6, 6.07) is 12.5.